The van der Waals surface area contributed by atoms with E-state index in [2.05, 4.69) is 34.1 Å². The average Bonchev–Trinajstić information content (AvgIpc) is 2.59. The molecule has 0 atom stereocenters. The Hall–Kier alpha value is -1.77. The second-order valence-corrected chi connectivity index (χ2v) is 8.69. The summed E-state index contributed by atoms with van der Waals surface area (Å²) in [6.07, 6.45) is 10.6. The van der Waals surface area contributed by atoms with Crippen molar-refractivity contribution in [3.63, 3.8) is 0 Å². The van der Waals surface area contributed by atoms with Gasteiger partial charge in [-0.1, -0.05) is 12.1 Å². The maximum absolute atomic E-state index is 12.7. The fraction of sp³-hybridized carbons (Fsp3) is 0.591. The van der Waals surface area contributed by atoms with Crippen LogP contribution in [0.25, 0.3) is 6.08 Å². The molecule has 134 valence electrons. The zero-order valence-corrected chi connectivity index (χ0v) is 15.7. The molecular formula is C22H30N2O. The van der Waals surface area contributed by atoms with E-state index in [0.29, 0.717) is 6.04 Å². The molecule has 4 fully saturated rings. The van der Waals surface area contributed by atoms with E-state index in [9.17, 15) is 4.79 Å². The summed E-state index contributed by atoms with van der Waals surface area (Å²) < 4.78 is 0. The zero-order chi connectivity index (χ0) is 17.6. The number of rotatable bonds is 4. The number of carbonyl (C=O) groups excluding carboxylic acids is 1. The van der Waals surface area contributed by atoms with Gasteiger partial charge in [-0.3, -0.25) is 4.79 Å². The first-order valence-corrected chi connectivity index (χ1v) is 9.73. The van der Waals surface area contributed by atoms with E-state index in [0.717, 1.165) is 29.2 Å². The van der Waals surface area contributed by atoms with Crippen molar-refractivity contribution in [2.75, 3.05) is 26.0 Å². The number of likely N-dealkylation sites (N-methyl/N-ethyl adjacent to an activating group) is 1. The largest absolute Gasteiger partial charge is 0.378 e. The van der Waals surface area contributed by atoms with Crippen LogP contribution in [0.15, 0.2) is 30.3 Å². The van der Waals surface area contributed by atoms with Crippen LogP contribution in [0.5, 0.6) is 0 Å². The fourth-order valence-corrected chi connectivity index (χ4v) is 5.84. The second-order valence-electron chi connectivity index (χ2n) is 8.69. The minimum Gasteiger partial charge on any atom is -0.378 e. The van der Waals surface area contributed by atoms with Gasteiger partial charge in [-0.05, 0) is 79.5 Å². The molecule has 3 nitrogen and oxygen atoms in total. The maximum atomic E-state index is 12.7. The van der Waals surface area contributed by atoms with E-state index >= 15 is 0 Å². The Morgan fingerprint density at radius 2 is 1.48 bits per heavy atom. The van der Waals surface area contributed by atoms with Gasteiger partial charge in [0.05, 0.1) is 0 Å². The Morgan fingerprint density at radius 1 is 0.920 bits per heavy atom. The van der Waals surface area contributed by atoms with Gasteiger partial charge in [-0.25, -0.2) is 0 Å². The zero-order valence-electron chi connectivity index (χ0n) is 15.7. The molecule has 4 saturated carbocycles. The van der Waals surface area contributed by atoms with Crippen LogP contribution in [0, 0.1) is 23.7 Å². The minimum absolute atomic E-state index is 0.161. The first kappa shape index (κ1) is 16.7. The van der Waals surface area contributed by atoms with Gasteiger partial charge < -0.3 is 9.80 Å². The highest BCUT2D eigenvalue weighted by Crippen LogP contribution is 2.54. The highest BCUT2D eigenvalue weighted by molar-refractivity contribution is 5.92. The topological polar surface area (TPSA) is 23.6 Å². The number of benzene rings is 1. The molecule has 0 unspecified atom stereocenters. The van der Waals surface area contributed by atoms with Crippen LogP contribution in [0.3, 0.4) is 0 Å². The molecule has 0 radical (unpaired) electrons. The molecule has 1 aromatic carbocycles. The lowest BCUT2D eigenvalue weighted by molar-refractivity contribution is -0.135. The smallest absolute Gasteiger partial charge is 0.246 e. The van der Waals surface area contributed by atoms with Crippen LogP contribution in [0.4, 0.5) is 5.69 Å². The molecule has 25 heavy (non-hydrogen) atoms. The Kier molecular flexibility index (Phi) is 4.35. The molecule has 1 aromatic rings. The quantitative estimate of drug-likeness (QED) is 0.773. The van der Waals surface area contributed by atoms with Crippen LogP contribution in [0.2, 0.25) is 0 Å². The van der Waals surface area contributed by atoms with E-state index in [1.165, 1.54) is 37.8 Å². The molecule has 4 bridgehead atoms. The van der Waals surface area contributed by atoms with E-state index < -0.39 is 0 Å². The Morgan fingerprint density at radius 3 is 2.00 bits per heavy atom. The Labute approximate surface area is 151 Å². The van der Waals surface area contributed by atoms with Gasteiger partial charge in [0, 0.05) is 38.9 Å². The summed E-state index contributed by atoms with van der Waals surface area (Å²) in [7, 11) is 6.09. The van der Waals surface area contributed by atoms with Gasteiger partial charge >= 0.3 is 0 Å². The van der Waals surface area contributed by atoms with E-state index in [1.54, 1.807) is 6.08 Å². The van der Waals surface area contributed by atoms with Crippen molar-refractivity contribution >= 4 is 17.7 Å². The Bertz CT molecular complexity index is 633. The molecular weight excluding hydrogens is 308 g/mol. The number of nitrogens with zero attached hydrogens (tertiary/aromatic N) is 2. The first-order chi connectivity index (χ1) is 12.0. The molecule has 0 aliphatic heterocycles. The van der Waals surface area contributed by atoms with Gasteiger partial charge in [0.25, 0.3) is 0 Å². The van der Waals surface area contributed by atoms with Crippen molar-refractivity contribution in [2.24, 2.45) is 23.7 Å². The van der Waals surface area contributed by atoms with Gasteiger partial charge in [-0.2, -0.15) is 0 Å². The third-order valence-electron chi connectivity index (χ3n) is 6.80. The van der Waals surface area contributed by atoms with Gasteiger partial charge in [0.15, 0.2) is 0 Å². The summed E-state index contributed by atoms with van der Waals surface area (Å²) >= 11 is 0. The normalized spacial score (nSPS) is 33.0. The number of hydrogen-bond acceptors (Lipinski definition) is 2. The van der Waals surface area contributed by atoms with Crippen molar-refractivity contribution in [1.82, 2.24) is 4.90 Å². The molecule has 0 N–H and O–H groups in total. The van der Waals surface area contributed by atoms with Crippen molar-refractivity contribution < 1.29 is 4.79 Å². The number of hydrogen-bond donors (Lipinski definition) is 0. The molecule has 0 saturated heterocycles. The monoisotopic (exact) mass is 338 g/mol. The number of amides is 1. The lowest BCUT2D eigenvalue weighted by atomic mass is 9.54. The minimum atomic E-state index is 0.161. The van der Waals surface area contributed by atoms with Crippen molar-refractivity contribution in [2.45, 2.75) is 38.1 Å². The van der Waals surface area contributed by atoms with Gasteiger partial charge in [-0.15, -0.1) is 0 Å². The molecule has 0 aromatic heterocycles. The molecule has 0 spiro atoms. The van der Waals surface area contributed by atoms with E-state index in [4.69, 9.17) is 0 Å². The van der Waals surface area contributed by atoms with E-state index in [1.807, 2.05) is 27.2 Å². The first-order valence-electron chi connectivity index (χ1n) is 9.73. The number of anilines is 1. The summed E-state index contributed by atoms with van der Waals surface area (Å²) in [5.74, 6) is 3.56. The molecule has 4 aliphatic rings. The molecule has 0 heterocycles. The number of carbonyl (C=O) groups is 1. The van der Waals surface area contributed by atoms with Crippen LogP contribution >= 0.6 is 0 Å². The SMILES string of the molecule is CN(C)c1ccc(/C=C\C(=O)N(C)C2C3CC4CC(C3)CC2C4)cc1. The third-order valence-corrected chi connectivity index (χ3v) is 6.80. The summed E-state index contributed by atoms with van der Waals surface area (Å²) in [5, 5.41) is 0. The van der Waals surface area contributed by atoms with Crippen LogP contribution in [-0.4, -0.2) is 38.0 Å². The molecule has 5 rings (SSSR count). The summed E-state index contributed by atoms with van der Waals surface area (Å²) in [6.45, 7) is 0. The lowest BCUT2D eigenvalue weighted by Crippen LogP contribution is -2.56. The summed E-state index contributed by atoms with van der Waals surface area (Å²) in [4.78, 5) is 16.9. The standard InChI is InChI=1S/C22H30N2O/c1-23(2)20-7-4-15(5-8-20)6-9-21(25)24(3)22-18-11-16-10-17(13-18)14-19(22)12-16/h4-9,16-19,22H,10-14H2,1-3H3/b9-6-. The average molecular weight is 338 g/mol. The molecule has 4 aliphatic carbocycles. The van der Waals surface area contributed by atoms with Crippen LogP contribution < -0.4 is 4.90 Å². The van der Waals surface area contributed by atoms with Gasteiger partial charge in [0.2, 0.25) is 5.91 Å². The highest BCUT2D eigenvalue weighted by atomic mass is 16.2. The van der Waals surface area contributed by atoms with Crippen LogP contribution in [-0.2, 0) is 4.79 Å². The molecule has 1 amide bonds. The van der Waals surface area contributed by atoms with Crippen molar-refractivity contribution in [3.05, 3.63) is 35.9 Å². The van der Waals surface area contributed by atoms with Gasteiger partial charge in [0.1, 0.15) is 0 Å². The van der Waals surface area contributed by atoms with Crippen LogP contribution in [0.1, 0.15) is 37.7 Å². The van der Waals surface area contributed by atoms with Crippen molar-refractivity contribution in [3.8, 4) is 0 Å². The lowest BCUT2D eigenvalue weighted by Gasteiger charge is -2.56. The molecule has 3 heteroatoms. The fourth-order valence-electron chi connectivity index (χ4n) is 5.84. The van der Waals surface area contributed by atoms with E-state index in [-0.39, 0.29) is 5.91 Å². The predicted octanol–water partition coefficient (Wildman–Crippen LogP) is 4.05. The van der Waals surface area contributed by atoms with Crippen molar-refractivity contribution in [1.29, 1.82) is 0 Å². The Balaban J connectivity index is 1.42. The summed E-state index contributed by atoms with van der Waals surface area (Å²) in [6, 6.07) is 8.79. The third kappa shape index (κ3) is 3.21. The maximum Gasteiger partial charge on any atom is 0.246 e. The predicted molar refractivity (Wildman–Crippen MR) is 103 cm³/mol. The summed E-state index contributed by atoms with van der Waals surface area (Å²) in [5.41, 5.74) is 2.26. The highest BCUT2D eigenvalue weighted by Gasteiger charge is 2.50. The second kappa shape index (κ2) is 6.51.